The number of carbonyl (C=O) groups is 1. The zero-order valence-corrected chi connectivity index (χ0v) is 12.6. The molecular formula is C13H18BrNO3. The minimum atomic E-state index is -0.626. The Morgan fingerprint density at radius 2 is 2.06 bits per heavy atom. The van der Waals surface area contributed by atoms with Crippen LogP contribution < -0.4 is 10.1 Å². The second-order valence-corrected chi connectivity index (χ2v) is 4.89. The molecule has 2 unspecified atom stereocenters. The Bertz CT molecular complexity index is 423. The van der Waals surface area contributed by atoms with Crippen molar-refractivity contribution in [2.45, 2.75) is 26.0 Å². The van der Waals surface area contributed by atoms with E-state index in [0.29, 0.717) is 5.75 Å². The summed E-state index contributed by atoms with van der Waals surface area (Å²) in [5, 5.41) is 3.15. The minimum absolute atomic E-state index is 0.127. The molecule has 1 rings (SSSR count). The third kappa shape index (κ3) is 3.71. The molecule has 18 heavy (non-hydrogen) atoms. The van der Waals surface area contributed by atoms with Crippen LogP contribution in [0.4, 0.5) is 0 Å². The van der Waals surface area contributed by atoms with E-state index in [1.807, 2.05) is 32.2 Å². The van der Waals surface area contributed by atoms with Gasteiger partial charge in [-0.2, -0.15) is 0 Å². The molecule has 4 nitrogen and oxygen atoms in total. The van der Waals surface area contributed by atoms with Crippen molar-refractivity contribution in [1.82, 2.24) is 5.32 Å². The molecule has 0 saturated carbocycles. The first-order chi connectivity index (χ1) is 8.49. The quantitative estimate of drug-likeness (QED) is 0.849. The van der Waals surface area contributed by atoms with Gasteiger partial charge in [0.1, 0.15) is 5.75 Å². The Morgan fingerprint density at radius 3 is 2.61 bits per heavy atom. The van der Waals surface area contributed by atoms with Crippen LogP contribution in [0.15, 0.2) is 22.7 Å². The van der Waals surface area contributed by atoms with Crippen LogP contribution in [0.25, 0.3) is 0 Å². The van der Waals surface area contributed by atoms with E-state index in [1.54, 1.807) is 6.92 Å². The molecule has 0 fully saturated rings. The second-order valence-electron chi connectivity index (χ2n) is 3.98. The molecule has 0 aliphatic heterocycles. The third-order valence-corrected chi connectivity index (χ3v) is 3.20. The average Bonchev–Trinajstić information content (AvgIpc) is 2.38. The van der Waals surface area contributed by atoms with Crippen molar-refractivity contribution in [2.24, 2.45) is 0 Å². The van der Waals surface area contributed by atoms with Gasteiger partial charge in [0.25, 0.3) is 0 Å². The van der Waals surface area contributed by atoms with Crippen LogP contribution in [0.1, 0.15) is 25.5 Å². The van der Waals surface area contributed by atoms with E-state index in [9.17, 15) is 4.79 Å². The van der Waals surface area contributed by atoms with Crippen LogP contribution >= 0.6 is 15.9 Å². The lowest BCUT2D eigenvalue weighted by atomic mass is 10.1. The van der Waals surface area contributed by atoms with Gasteiger partial charge in [-0.15, -0.1) is 0 Å². The number of nitrogens with one attached hydrogen (secondary N) is 1. The van der Waals surface area contributed by atoms with E-state index < -0.39 is 6.10 Å². The number of carbonyl (C=O) groups excluding carboxylic acids is 1. The van der Waals surface area contributed by atoms with Gasteiger partial charge in [-0.3, -0.25) is 0 Å². The average molecular weight is 316 g/mol. The predicted octanol–water partition coefficient (Wildman–Crippen LogP) is 2.67. The highest BCUT2D eigenvalue weighted by Gasteiger charge is 2.18. The first-order valence-corrected chi connectivity index (χ1v) is 6.50. The Labute approximate surface area is 116 Å². The van der Waals surface area contributed by atoms with Gasteiger partial charge >= 0.3 is 5.97 Å². The third-order valence-electron chi connectivity index (χ3n) is 2.71. The summed E-state index contributed by atoms with van der Waals surface area (Å²) in [5.74, 6) is 0.291. The molecule has 0 aromatic heterocycles. The molecule has 0 bridgehead atoms. The van der Waals surface area contributed by atoms with Gasteiger partial charge in [0.2, 0.25) is 0 Å². The number of benzene rings is 1. The molecule has 0 spiro atoms. The zero-order valence-electron chi connectivity index (χ0n) is 11.0. The molecule has 2 atom stereocenters. The number of hydrogen-bond acceptors (Lipinski definition) is 4. The van der Waals surface area contributed by atoms with Crippen LogP contribution in [-0.2, 0) is 9.53 Å². The summed E-state index contributed by atoms with van der Waals surface area (Å²) in [7, 11) is 3.22. The van der Waals surface area contributed by atoms with Crippen molar-refractivity contribution in [2.75, 3.05) is 14.2 Å². The Kier molecular flexibility index (Phi) is 5.62. The summed E-state index contributed by atoms with van der Waals surface area (Å²) < 4.78 is 11.3. The molecule has 0 aliphatic rings. The Morgan fingerprint density at radius 1 is 1.39 bits per heavy atom. The van der Waals surface area contributed by atoms with Gasteiger partial charge in [0.05, 0.1) is 7.11 Å². The van der Waals surface area contributed by atoms with E-state index >= 15 is 0 Å². The van der Waals surface area contributed by atoms with Crippen molar-refractivity contribution in [3.63, 3.8) is 0 Å². The summed E-state index contributed by atoms with van der Waals surface area (Å²) >= 11 is 3.43. The zero-order chi connectivity index (χ0) is 13.7. The van der Waals surface area contributed by atoms with Crippen LogP contribution in [0.3, 0.4) is 0 Å². The summed E-state index contributed by atoms with van der Waals surface area (Å²) in [6.45, 7) is 3.69. The molecule has 0 aliphatic carbocycles. The topological polar surface area (TPSA) is 47.6 Å². The first-order valence-electron chi connectivity index (χ1n) is 5.70. The van der Waals surface area contributed by atoms with Gasteiger partial charge in [-0.25, -0.2) is 4.79 Å². The molecule has 100 valence electrons. The maximum absolute atomic E-state index is 11.4. The Hall–Kier alpha value is -1.07. The highest BCUT2D eigenvalue weighted by molar-refractivity contribution is 9.10. The fraction of sp³-hybridized carbons (Fsp3) is 0.462. The van der Waals surface area contributed by atoms with Crippen molar-refractivity contribution in [3.8, 4) is 5.75 Å². The van der Waals surface area contributed by atoms with Crippen molar-refractivity contribution in [1.29, 1.82) is 0 Å². The summed E-state index contributed by atoms with van der Waals surface area (Å²) in [5.41, 5.74) is 0.989. The lowest BCUT2D eigenvalue weighted by Gasteiger charge is -2.19. The molecule has 0 amide bonds. The maximum Gasteiger partial charge on any atom is 0.346 e. The van der Waals surface area contributed by atoms with Gasteiger partial charge < -0.3 is 14.8 Å². The number of hydrogen-bond donors (Lipinski definition) is 1. The van der Waals surface area contributed by atoms with E-state index in [-0.39, 0.29) is 12.0 Å². The molecule has 1 N–H and O–H groups in total. The lowest BCUT2D eigenvalue weighted by molar-refractivity contribution is -0.147. The SMILES string of the molecule is CNC(C)c1cc(Br)ccc1OC(C)C(=O)OC. The Balaban J connectivity index is 2.97. The normalized spacial score (nSPS) is 13.8. The number of ether oxygens (including phenoxy) is 2. The standard InChI is InChI=1S/C13H18BrNO3/c1-8(15-3)11-7-10(14)5-6-12(11)18-9(2)13(16)17-4/h5-9,15H,1-4H3. The molecule has 0 saturated heterocycles. The number of methoxy groups -OCH3 is 1. The van der Waals surface area contributed by atoms with Crippen LogP contribution in [0, 0.1) is 0 Å². The molecule has 1 aromatic carbocycles. The van der Waals surface area contributed by atoms with Gasteiger partial charge in [-0.1, -0.05) is 15.9 Å². The molecule has 1 aromatic rings. The maximum atomic E-state index is 11.4. The minimum Gasteiger partial charge on any atom is -0.479 e. The number of rotatable bonds is 5. The largest absolute Gasteiger partial charge is 0.479 e. The number of halogens is 1. The first kappa shape index (κ1) is 15.0. The summed E-state index contributed by atoms with van der Waals surface area (Å²) in [6, 6.07) is 5.82. The number of esters is 1. The van der Waals surface area contributed by atoms with Crippen molar-refractivity contribution >= 4 is 21.9 Å². The van der Waals surface area contributed by atoms with Crippen LogP contribution in [0.2, 0.25) is 0 Å². The van der Waals surface area contributed by atoms with Crippen molar-refractivity contribution < 1.29 is 14.3 Å². The van der Waals surface area contributed by atoms with E-state index in [4.69, 9.17) is 4.74 Å². The molecule has 0 radical (unpaired) electrons. The predicted molar refractivity (Wildman–Crippen MR) is 73.7 cm³/mol. The van der Waals surface area contributed by atoms with E-state index in [1.165, 1.54) is 7.11 Å². The second kappa shape index (κ2) is 6.75. The molecule has 5 heteroatoms. The monoisotopic (exact) mass is 315 g/mol. The molecule has 0 heterocycles. The van der Waals surface area contributed by atoms with Gasteiger partial charge in [-0.05, 0) is 39.1 Å². The highest BCUT2D eigenvalue weighted by atomic mass is 79.9. The van der Waals surface area contributed by atoms with Gasteiger partial charge in [0.15, 0.2) is 6.10 Å². The lowest BCUT2D eigenvalue weighted by Crippen LogP contribution is -2.26. The fourth-order valence-electron chi connectivity index (χ4n) is 1.53. The van der Waals surface area contributed by atoms with Crippen LogP contribution in [0.5, 0.6) is 5.75 Å². The van der Waals surface area contributed by atoms with E-state index in [2.05, 4.69) is 26.0 Å². The van der Waals surface area contributed by atoms with Gasteiger partial charge in [0, 0.05) is 16.1 Å². The summed E-state index contributed by atoms with van der Waals surface area (Å²) in [6.07, 6.45) is -0.626. The van der Waals surface area contributed by atoms with Crippen molar-refractivity contribution in [3.05, 3.63) is 28.2 Å². The summed E-state index contributed by atoms with van der Waals surface area (Å²) in [4.78, 5) is 11.4. The van der Waals surface area contributed by atoms with Crippen LogP contribution in [-0.4, -0.2) is 26.2 Å². The highest BCUT2D eigenvalue weighted by Crippen LogP contribution is 2.29. The smallest absolute Gasteiger partial charge is 0.346 e. The fourth-order valence-corrected chi connectivity index (χ4v) is 1.90. The molecular weight excluding hydrogens is 298 g/mol. The van der Waals surface area contributed by atoms with E-state index in [0.717, 1.165) is 10.0 Å².